The molecular formula is C10H20FeN2O8S2. The minimum Gasteiger partial charge on any atom is -0.548 e. The van der Waals surface area contributed by atoms with Crippen molar-refractivity contribution in [3.8, 4) is 0 Å². The van der Waals surface area contributed by atoms with Gasteiger partial charge in [-0.2, -0.15) is 25.3 Å². The number of amides is 2. The Balaban J connectivity index is -0.0000000831. The van der Waals surface area contributed by atoms with Crippen LogP contribution >= 0.6 is 25.3 Å². The van der Waals surface area contributed by atoms with Gasteiger partial charge in [0.15, 0.2) is 0 Å². The van der Waals surface area contributed by atoms with Gasteiger partial charge >= 0.3 is 17.1 Å². The molecule has 0 rings (SSSR count). The molecule has 0 radical (unpaired) electrons. The molecule has 23 heavy (non-hydrogen) atoms. The average Bonchev–Trinajstić information content (AvgIpc) is 2.32. The van der Waals surface area contributed by atoms with E-state index < -0.39 is 35.8 Å². The van der Waals surface area contributed by atoms with Crippen LogP contribution in [-0.2, 0) is 36.2 Å². The van der Waals surface area contributed by atoms with Gasteiger partial charge in [-0.3, -0.25) is 9.59 Å². The molecule has 0 unspecified atom stereocenters. The second-order valence-electron chi connectivity index (χ2n) is 3.51. The van der Waals surface area contributed by atoms with Crippen LogP contribution in [-0.4, -0.2) is 58.3 Å². The molecule has 0 aromatic heterocycles. The van der Waals surface area contributed by atoms with Crippen LogP contribution in [0, 0.1) is 0 Å². The van der Waals surface area contributed by atoms with Gasteiger partial charge in [0.25, 0.3) is 0 Å². The molecule has 0 aliphatic heterocycles. The maximum atomic E-state index is 10.3. The van der Waals surface area contributed by atoms with Gasteiger partial charge in [-0.05, 0) is 0 Å². The number of hydrogen-bond acceptors (Lipinski definition) is 8. The fourth-order valence-corrected chi connectivity index (χ4v) is 1.33. The van der Waals surface area contributed by atoms with E-state index in [1.165, 1.54) is 13.8 Å². The van der Waals surface area contributed by atoms with Crippen molar-refractivity contribution in [3.05, 3.63) is 0 Å². The van der Waals surface area contributed by atoms with Gasteiger partial charge in [0.2, 0.25) is 11.8 Å². The Morgan fingerprint density at radius 3 is 1.09 bits per heavy atom. The summed E-state index contributed by atoms with van der Waals surface area (Å²) in [5.41, 5.74) is 0. The van der Waals surface area contributed by atoms with Crippen molar-refractivity contribution in [3.63, 3.8) is 0 Å². The van der Waals surface area contributed by atoms with E-state index in [2.05, 4.69) is 35.9 Å². The number of carboxylic acid groups (broad SMARTS) is 2. The topological polar surface area (TPSA) is 201 Å². The molecule has 0 heterocycles. The summed E-state index contributed by atoms with van der Waals surface area (Å²) >= 11 is 7.39. The fourth-order valence-electron chi connectivity index (χ4n) is 0.849. The van der Waals surface area contributed by atoms with Crippen LogP contribution in [0.1, 0.15) is 13.8 Å². The molecular weight excluding hydrogens is 396 g/mol. The molecule has 0 spiro atoms. The monoisotopic (exact) mass is 416 g/mol. The van der Waals surface area contributed by atoms with Gasteiger partial charge in [-0.1, -0.05) is 0 Å². The Hall–Kier alpha value is -0.981. The largest absolute Gasteiger partial charge is 2.00 e. The first-order chi connectivity index (χ1) is 9.15. The minimum absolute atomic E-state index is 0. The van der Waals surface area contributed by atoms with Crippen LogP contribution in [0.25, 0.3) is 0 Å². The van der Waals surface area contributed by atoms with Crippen molar-refractivity contribution in [2.45, 2.75) is 25.9 Å². The number of thiol groups is 2. The molecule has 0 aliphatic carbocycles. The van der Waals surface area contributed by atoms with E-state index in [0.717, 1.165) is 0 Å². The summed E-state index contributed by atoms with van der Waals surface area (Å²) in [6.45, 7) is 2.47. The number of nitrogens with one attached hydrogen (secondary N) is 2. The first-order valence-electron chi connectivity index (χ1n) is 5.33. The Morgan fingerprint density at radius 1 is 0.826 bits per heavy atom. The van der Waals surface area contributed by atoms with Crippen molar-refractivity contribution in [1.82, 2.24) is 10.6 Å². The molecule has 0 saturated heterocycles. The first kappa shape index (κ1) is 33.6. The van der Waals surface area contributed by atoms with E-state index in [-0.39, 0.29) is 39.5 Å². The molecule has 138 valence electrons. The maximum absolute atomic E-state index is 10.3. The molecule has 0 saturated carbocycles. The number of aliphatic carboxylic acids is 2. The first-order valence-corrected chi connectivity index (χ1v) is 6.59. The summed E-state index contributed by atoms with van der Waals surface area (Å²) in [5.74, 6) is -3.34. The van der Waals surface area contributed by atoms with Gasteiger partial charge in [-0.15, -0.1) is 0 Å². The molecule has 0 aromatic rings. The molecule has 0 bridgehead atoms. The van der Waals surface area contributed by atoms with Gasteiger partial charge < -0.3 is 41.4 Å². The quantitative estimate of drug-likeness (QED) is 0.246. The van der Waals surface area contributed by atoms with Gasteiger partial charge in [-0.25, -0.2) is 0 Å². The average molecular weight is 416 g/mol. The van der Waals surface area contributed by atoms with E-state index in [0.29, 0.717) is 0 Å². The Kier molecular flexibility index (Phi) is 27.8. The SMILES string of the molecule is CC(=O)N[C@@H](CS)C(=O)[O-].CC(=O)N[C@@H](CS)C(=O)[O-].O.O.[Fe+2]. The molecule has 13 heteroatoms. The second-order valence-corrected chi connectivity index (χ2v) is 4.24. The third-order valence-corrected chi connectivity index (χ3v) is 2.42. The molecule has 6 N–H and O–H groups in total. The smallest absolute Gasteiger partial charge is 0.548 e. The van der Waals surface area contributed by atoms with Gasteiger partial charge in [0.05, 0.1) is 24.0 Å². The predicted molar refractivity (Wildman–Crippen MR) is 80.2 cm³/mol. The summed E-state index contributed by atoms with van der Waals surface area (Å²) in [6.07, 6.45) is 0. The summed E-state index contributed by atoms with van der Waals surface area (Å²) in [5, 5.41) is 24.5. The van der Waals surface area contributed by atoms with Crippen molar-refractivity contribution >= 4 is 49.0 Å². The van der Waals surface area contributed by atoms with E-state index in [1.807, 2.05) is 0 Å². The zero-order chi connectivity index (χ0) is 16.3. The molecule has 0 fully saturated rings. The van der Waals surface area contributed by atoms with Crippen molar-refractivity contribution in [2.24, 2.45) is 0 Å². The second kappa shape index (κ2) is 19.1. The van der Waals surface area contributed by atoms with Crippen LogP contribution in [0.15, 0.2) is 0 Å². The molecule has 2 amide bonds. The summed E-state index contributed by atoms with van der Waals surface area (Å²) < 4.78 is 0. The Bertz CT molecular complexity index is 339. The van der Waals surface area contributed by atoms with Crippen molar-refractivity contribution < 1.29 is 57.4 Å². The van der Waals surface area contributed by atoms with Gasteiger partial charge in [0.1, 0.15) is 0 Å². The Morgan fingerprint density at radius 2 is 1.04 bits per heavy atom. The van der Waals surface area contributed by atoms with Crippen molar-refractivity contribution in [2.75, 3.05) is 11.5 Å². The number of hydrogen-bond donors (Lipinski definition) is 4. The standard InChI is InChI=1S/2C5H9NO3S.Fe.2H2O/c2*1-3(7)6-4(2-10)5(8)9;;;/h2*4,10H,2H2,1H3,(H,6,7)(H,8,9);;2*1H2/q;;+2;;/p-2/t2*4-;;;/m00.../s1. The van der Waals surface area contributed by atoms with E-state index in [1.54, 1.807) is 0 Å². The summed E-state index contributed by atoms with van der Waals surface area (Å²) in [7, 11) is 0. The molecule has 2 atom stereocenters. The maximum Gasteiger partial charge on any atom is 2.00 e. The minimum atomic E-state index is -1.31. The zero-order valence-electron chi connectivity index (χ0n) is 12.3. The Labute approximate surface area is 154 Å². The third-order valence-electron chi connectivity index (χ3n) is 1.69. The number of rotatable bonds is 6. The fraction of sp³-hybridized carbons (Fsp3) is 0.600. The number of carbonyl (C=O) groups is 4. The predicted octanol–water partition coefficient (Wildman–Crippen LogP) is -5.31. The summed E-state index contributed by atoms with van der Waals surface area (Å²) in [4.78, 5) is 40.7. The van der Waals surface area contributed by atoms with Crippen LogP contribution in [0.3, 0.4) is 0 Å². The van der Waals surface area contributed by atoms with Crippen LogP contribution in [0.4, 0.5) is 0 Å². The molecule has 0 aliphatic rings. The van der Waals surface area contributed by atoms with Crippen LogP contribution < -0.4 is 20.8 Å². The molecule has 0 aromatic carbocycles. The van der Waals surface area contributed by atoms with E-state index in [4.69, 9.17) is 0 Å². The van der Waals surface area contributed by atoms with Crippen LogP contribution in [0.5, 0.6) is 0 Å². The number of carboxylic acids is 2. The third kappa shape index (κ3) is 21.0. The summed E-state index contributed by atoms with van der Waals surface area (Å²) in [6, 6.07) is -1.97. The zero-order valence-corrected chi connectivity index (χ0v) is 15.2. The van der Waals surface area contributed by atoms with Crippen molar-refractivity contribution in [1.29, 1.82) is 0 Å². The number of carbonyl (C=O) groups excluding carboxylic acids is 4. The van der Waals surface area contributed by atoms with Gasteiger partial charge in [0, 0.05) is 25.4 Å². The molecule has 10 nitrogen and oxygen atoms in total. The van der Waals surface area contributed by atoms with E-state index in [9.17, 15) is 29.4 Å². The normalized spacial score (nSPS) is 10.6. The van der Waals surface area contributed by atoms with E-state index >= 15 is 0 Å². The van der Waals surface area contributed by atoms with Crippen LogP contribution in [0.2, 0.25) is 0 Å².